The maximum atomic E-state index is 12.6. The molecule has 2 atom stereocenters. The van der Waals surface area contributed by atoms with Crippen molar-refractivity contribution in [2.45, 2.75) is 17.5 Å². The number of allylic oxidation sites excluding steroid dienone is 4. The summed E-state index contributed by atoms with van der Waals surface area (Å²) in [6, 6.07) is 0. The van der Waals surface area contributed by atoms with Crippen LogP contribution < -0.4 is 0 Å². The normalized spacial score (nSPS) is 30.5. The molecule has 1 N–H and O–H groups in total. The highest BCUT2D eigenvalue weighted by atomic mass is 35.5. The van der Waals surface area contributed by atoms with E-state index in [2.05, 4.69) is 0 Å². The van der Waals surface area contributed by atoms with Crippen LogP contribution in [-0.2, 0) is 4.79 Å². The van der Waals surface area contributed by atoms with Crippen molar-refractivity contribution in [1.82, 2.24) is 0 Å². The van der Waals surface area contributed by atoms with E-state index in [1.165, 1.54) is 12.2 Å². The third-order valence-electron chi connectivity index (χ3n) is 2.16. The van der Waals surface area contributed by atoms with Gasteiger partial charge in [0.05, 0.1) is 6.42 Å². The molecule has 1 aliphatic carbocycles. The van der Waals surface area contributed by atoms with Gasteiger partial charge in [-0.3, -0.25) is 4.79 Å². The molecule has 6 heteroatoms. The molecule has 1 aliphatic rings. The van der Waals surface area contributed by atoms with Crippen LogP contribution in [-0.4, -0.2) is 22.1 Å². The lowest BCUT2D eigenvalue weighted by Gasteiger charge is -2.33. The standard InChI is InChI=1S/C9H8ClF3O2/c10-8(9(11,12)13)4-2-1-3-6(8)5-7(14)15/h1-4,6H,5H2,(H,14,15). The number of hydrogen-bond donors (Lipinski definition) is 1. The van der Waals surface area contributed by atoms with Crippen molar-refractivity contribution in [3.05, 3.63) is 24.3 Å². The molecular weight excluding hydrogens is 233 g/mol. The van der Waals surface area contributed by atoms with E-state index in [4.69, 9.17) is 16.7 Å². The van der Waals surface area contributed by atoms with E-state index in [9.17, 15) is 18.0 Å². The highest BCUT2D eigenvalue weighted by molar-refractivity contribution is 6.26. The molecule has 15 heavy (non-hydrogen) atoms. The molecule has 2 unspecified atom stereocenters. The van der Waals surface area contributed by atoms with Gasteiger partial charge < -0.3 is 5.11 Å². The lowest BCUT2D eigenvalue weighted by atomic mass is 9.84. The summed E-state index contributed by atoms with van der Waals surface area (Å²) in [7, 11) is 0. The maximum absolute atomic E-state index is 12.6. The van der Waals surface area contributed by atoms with Gasteiger partial charge >= 0.3 is 12.1 Å². The molecule has 0 radical (unpaired) electrons. The van der Waals surface area contributed by atoms with Gasteiger partial charge in [-0.25, -0.2) is 0 Å². The van der Waals surface area contributed by atoms with Crippen LogP contribution in [0.15, 0.2) is 24.3 Å². The van der Waals surface area contributed by atoms with Crippen LogP contribution in [0.3, 0.4) is 0 Å². The second kappa shape index (κ2) is 3.89. The Labute approximate surface area is 89.0 Å². The van der Waals surface area contributed by atoms with E-state index in [1.807, 2.05) is 0 Å². The molecular formula is C9H8ClF3O2. The largest absolute Gasteiger partial charge is 0.481 e. The molecule has 2 nitrogen and oxygen atoms in total. The van der Waals surface area contributed by atoms with Crippen molar-refractivity contribution in [2.24, 2.45) is 5.92 Å². The quantitative estimate of drug-likeness (QED) is 0.754. The van der Waals surface area contributed by atoms with Gasteiger partial charge in [0, 0.05) is 5.92 Å². The zero-order valence-electron chi connectivity index (χ0n) is 7.46. The number of aliphatic carboxylic acids is 1. The van der Waals surface area contributed by atoms with Crippen LogP contribution in [0.25, 0.3) is 0 Å². The fourth-order valence-electron chi connectivity index (χ4n) is 1.37. The average molecular weight is 241 g/mol. The fraction of sp³-hybridized carbons (Fsp3) is 0.444. The Hall–Kier alpha value is -0.970. The number of halogens is 4. The van der Waals surface area contributed by atoms with Crippen LogP contribution in [0.1, 0.15) is 6.42 Å². The number of rotatable bonds is 2. The first-order valence-electron chi connectivity index (χ1n) is 4.11. The minimum Gasteiger partial charge on any atom is -0.481 e. The Morgan fingerprint density at radius 2 is 2.07 bits per heavy atom. The number of alkyl halides is 4. The van der Waals surface area contributed by atoms with Crippen molar-refractivity contribution in [1.29, 1.82) is 0 Å². The third kappa shape index (κ3) is 2.34. The highest BCUT2D eigenvalue weighted by Gasteiger charge is 2.56. The van der Waals surface area contributed by atoms with Gasteiger partial charge in [0.1, 0.15) is 0 Å². The summed E-state index contributed by atoms with van der Waals surface area (Å²) in [6.07, 6.45) is -0.852. The van der Waals surface area contributed by atoms with Gasteiger partial charge in [-0.05, 0) is 0 Å². The molecule has 0 amide bonds. The number of carboxylic acid groups (broad SMARTS) is 1. The minimum absolute atomic E-state index is 0.649. The predicted octanol–water partition coefficient (Wildman–Crippen LogP) is 2.74. The molecule has 0 aromatic rings. The van der Waals surface area contributed by atoms with Gasteiger partial charge in [0.25, 0.3) is 0 Å². The van der Waals surface area contributed by atoms with Gasteiger partial charge in [-0.15, -0.1) is 11.6 Å². The molecule has 0 bridgehead atoms. The summed E-state index contributed by atoms with van der Waals surface area (Å²) < 4.78 is 37.8. The zero-order valence-corrected chi connectivity index (χ0v) is 8.22. The van der Waals surface area contributed by atoms with Crippen molar-refractivity contribution >= 4 is 17.6 Å². The van der Waals surface area contributed by atoms with Gasteiger partial charge in [0.2, 0.25) is 0 Å². The lowest BCUT2D eigenvalue weighted by Crippen LogP contribution is -2.45. The Balaban J connectivity index is 2.99. The van der Waals surface area contributed by atoms with Crippen LogP contribution in [0, 0.1) is 5.92 Å². The van der Waals surface area contributed by atoms with Crippen LogP contribution in [0.2, 0.25) is 0 Å². The summed E-state index contributed by atoms with van der Waals surface area (Å²) >= 11 is 5.43. The van der Waals surface area contributed by atoms with E-state index in [1.54, 1.807) is 0 Å². The van der Waals surface area contributed by atoms with Crippen LogP contribution >= 0.6 is 11.6 Å². The van der Waals surface area contributed by atoms with Crippen molar-refractivity contribution in [2.75, 3.05) is 0 Å². The molecule has 0 spiro atoms. The molecule has 0 fully saturated rings. The third-order valence-corrected chi connectivity index (χ3v) is 2.78. The van der Waals surface area contributed by atoms with E-state index in [0.717, 1.165) is 12.2 Å². The fourth-order valence-corrected chi connectivity index (χ4v) is 1.59. The van der Waals surface area contributed by atoms with E-state index in [-0.39, 0.29) is 0 Å². The Morgan fingerprint density at radius 3 is 2.53 bits per heavy atom. The zero-order chi connectivity index (χ0) is 11.7. The maximum Gasteiger partial charge on any atom is 0.411 e. The average Bonchev–Trinajstić information content (AvgIpc) is 2.06. The Bertz CT molecular complexity index is 322. The van der Waals surface area contributed by atoms with E-state index < -0.39 is 29.4 Å². The molecule has 0 saturated carbocycles. The molecule has 84 valence electrons. The van der Waals surface area contributed by atoms with E-state index in [0.29, 0.717) is 0 Å². The molecule has 0 aromatic carbocycles. The first kappa shape index (κ1) is 12.1. The van der Waals surface area contributed by atoms with E-state index >= 15 is 0 Å². The first-order valence-corrected chi connectivity index (χ1v) is 4.48. The van der Waals surface area contributed by atoms with Crippen molar-refractivity contribution in [3.63, 3.8) is 0 Å². The summed E-state index contributed by atoms with van der Waals surface area (Å²) in [6.45, 7) is 0. The number of carboxylic acids is 1. The second-order valence-electron chi connectivity index (χ2n) is 3.21. The van der Waals surface area contributed by atoms with Gasteiger partial charge in [-0.2, -0.15) is 13.2 Å². The molecule has 0 aromatic heterocycles. The minimum atomic E-state index is -4.67. The molecule has 0 aliphatic heterocycles. The van der Waals surface area contributed by atoms with Crippen molar-refractivity contribution < 1.29 is 23.1 Å². The second-order valence-corrected chi connectivity index (χ2v) is 3.84. The Morgan fingerprint density at radius 1 is 1.47 bits per heavy atom. The summed E-state index contributed by atoms with van der Waals surface area (Å²) in [4.78, 5) is 7.79. The summed E-state index contributed by atoms with van der Waals surface area (Å²) in [5.41, 5.74) is 0. The first-order chi connectivity index (χ1) is 6.77. The smallest absolute Gasteiger partial charge is 0.411 e. The highest BCUT2D eigenvalue weighted by Crippen LogP contribution is 2.46. The molecule has 0 heterocycles. The lowest BCUT2D eigenvalue weighted by molar-refractivity contribution is -0.161. The topological polar surface area (TPSA) is 37.3 Å². The monoisotopic (exact) mass is 240 g/mol. The summed E-state index contributed by atoms with van der Waals surface area (Å²) in [5, 5.41) is 8.48. The van der Waals surface area contributed by atoms with Gasteiger partial charge in [-0.1, -0.05) is 24.3 Å². The van der Waals surface area contributed by atoms with Crippen LogP contribution in [0.5, 0.6) is 0 Å². The Kier molecular flexibility index (Phi) is 3.13. The SMILES string of the molecule is O=C(O)CC1C=CC=CC1(Cl)C(F)(F)F. The number of hydrogen-bond acceptors (Lipinski definition) is 1. The molecule has 0 saturated heterocycles. The van der Waals surface area contributed by atoms with Gasteiger partial charge in [0.15, 0.2) is 4.87 Å². The molecule has 1 rings (SSSR count). The number of carbonyl (C=O) groups is 1. The van der Waals surface area contributed by atoms with Crippen LogP contribution in [0.4, 0.5) is 13.2 Å². The van der Waals surface area contributed by atoms with Crippen molar-refractivity contribution in [3.8, 4) is 0 Å². The predicted molar refractivity (Wildman–Crippen MR) is 48.7 cm³/mol. The summed E-state index contributed by atoms with van der Waals surface area (Å²) in [5.74, 6) is -2.59.